The van der Waals surface area contributed by atoms with Crippen LogP contribution in [0.1, 0.15) is 11.5 Å². The fourth-order valence-corrected chi connectivity index (χ4v) is 1.19. The molecular weight excluding hydrogens is 172 g/mol. The molecule has 13 heavy (non-hydrogen) atoms. The van der Waals surface area contributed by atoms with Crippen LogP contribution in [0.2, 0.25) is 0 Å². The third-order valence-electron chi connectivity index (χ3n) is 1.65. The minimum absolute atomic E-state index is 0.109. The van der Waals surface area contributed by atoms with Gasteiger partial charge in [0.05, 0.1) is 11.9 Å². The lowest BCUT2D eigenvalue weighted by Crippen LogP contribution is -1.98. The summed E-state index contributed by atoms with van der Waals surface area (Å²) in [6.45, 7) is 1.85. The van der Waals surface area contributed by atoms with Crippen molar-refractivity contribution in [2.24, 2.45) is 0 Å². The number of hydrogen-bond donors (Lipinski definition) is 1. The van der Waals surface area contributed by atoms with Gasteiger partial charge in [0.1, 0.15) is 12.2 Å². The van der Waals surface area contributed by atoms with Crippen LogP contribution < -0.4 is 0 Å². The minimum atomic E-state index is -0.909. The summed E-state index contributed by atoms with van der Waals surface area (Å²) in [6.07, 6.45) is 1.60. The Morgan fingerprint density at radius 2 is 2.54 bits per heavy atom. The van der Waals surface area contributed by atoms with E-state index in [1.807, 2.05) is 6.92 Å². The number of rotatable bonds is 2. The highest BCUT2D eigenvalue weighted by Gasteiger charge is 2.08. The molecule has 0 atom stereocenters. The number of aromatic nitrogens is 2. The van der Waals surface area contributed by atoms with E-state index in [4.69, 9.17) is 9.63 Å². The molecule has 0 aliphatic carbocycles. The monoisotopic (exact) mass is 180 g/mol. The van der Waals surface area contributed by atoms with Crippen LogP contribution in [0.25, 0.3) is 5.65 Å². The maximum absolute atomic E-state index is 10.3. The molecule has 0 amide bonds. The van der Waals surface area contributed by atoms with Crippen molar-refractivity contribution in [2.75, 3.05) is 0 Å². The van der Waals surface area contributed by atoms with Crippen LogP contribution in [0.4, 0.5) is 0 Å². The van der Waals surface area contributed by atoms with E-state index >= 15 is 0 Å². The lowest BCUT2D eigenvalue weighted by molar-refractivity contribution is -0.136. The third-order valence-corrected chi connectivity index (χ3v) is 1.65. The van der Waals surface area contributed by atoms with Crippen molar-refractivity contribution in [3.05, 3.63) is 23.7 Å². The Bertz CT molecular complexity index is 423. The summed E-state index contributed by atoms with van der Waals surface area (Å²) in [5, 5.41) is 8.49. The zero-order valence-electron chi connectivity index (χ0n) is 7.02. The van der Waals surface area contributed by atoms with Crippen LogP contribution >= 0.6 is 0 Å². The maximum atomic E-state index is 10.3. The second-order valence-electron chi connectivity index (χ2n) is 2.84. The Kier molecular flexibility index (Phi) is 1.58. The minimum Gasteiger partial charge on any atom is -0.481 e. The van der Waals surface area contributed by atoms with Crippen LogP contribution in [-0.4, -0.2) is 20.6 Å². The Balaban J connectivity index is 2.39. The molecule has 5 heteroatoms. The molecule has 0 aliphatic rings. The van der Waals surface area contributed by atoms with Crippen molar-refractivity contribution in [1.82, 2.24) is 9.56 Å². The van der Waals surface area contributed by atoms with Gasteiger partial charge in [0.2, 0.25) is 0 Å². The molecule has 2 aromatic heterocycles. The molecular formula is C8H8N2O3. The molecule has 0 saturated heterocycles. The first-order chi connectivity index (χ1) is 6.15. The summed E-state index contributed by atoms with van der Waals surface area (Å²) >= 11 is 0. The van der Waals surface area contributed by atoms with Gasteiger partial charge in [-0.15, -0.1) is 0 Å². The standard InChI is InChI=1S/C8H8N2O3/c1-5-4-10-7(9-5)2-6(13-10)3-8(11)12/h2,4H,3H2,1H3,(H,11,12). The number of carbonyl (C=O) groups is 1. The van der Waals surface area contributed by atoms with Gasteiger partial charge in [-0.3, -0.25) is 4.79 Å². The fraction of sp³-hybridized carbons (Fsp3) is 0.250. The molecule has 2 rings (SSSR count). The van der Waals surface area contributed by atoms with Gasteiger partial charge in [0.25, 0.3) is 0 Å². The quantitative estimate of drug-likeness (QED) is 0.744. The Hall–Kier alpha value is -1.78. The molecule has 0 aromatic carbocycles. The summed E-state index contributed by atoms with van der Waals surface area (Å²) in [5.74, 6) is -0.497. The second kappa shape index (κ2) is 2.62. The number of aliphatic carboxylic acids is 1. The highest BCUT2D eigenvalue weighted by Crippen LogP contribution is 2.10. The Morgan fingerprint density at radius 3 is 3.15 bits per heavy atom. The SMILES string of the molecule is Cc1cn2oc(CC(=O)O)cc2n1. The predicted octanol–water partition coefficient (Wildman–Crippen LogP) is 0.863. The van der Waals surface area contributed by atoms with Crippen molar-refractivity contribution >= 4 is 11.6 Å². The number of aryl methyl sites for hydroxylation is 1. The van der Waals surface area contributed by atoms with Gasteiger partial charge in [0.15, 0.2) is 5.65 Å². The predicted molar refractivity (Wildman–Crippen MR) is 43.5 cm³/mol. The van der Waals surface area contributed by atoms with Gasteiger partial charge in [-0.25, -0.2) is 4.98 Å². The van der Waals surface area contributed by atoms with E-state index in [0.29, 0.717) is 11.4 Å². The number of nitrogens with zero attached hydrogens (tertiary/aromatic N) is 2. The molecule has 0 saturated carbocycles. The van der Waals surface area contributed by atoms with Crippen LogP contribution in [0, 0.1) is 6.92 Å². The van der Waals surface area contributed by atoms with Gasteiger partial charge in [-0.2, -0.15) is 4.57 Å². The van der Waals surface area contributed by atoms with Crippen molar-refractivity contribution in [1.29, 1.82) is 0 Å². The maximum Gasteiger partial charge on any atom is 0.311 e. The third kappa shape index (κ3) is 1.40. The molecule has 0 fully saturated rings. The molecule has 0 spiro atoms. The second-order valence-corrected chi connectivity index (χ2v) is 2.84. The topological polar surface area (TPSA) is 67.7 Å². The van der Waals surface area contributed by atoms with Gasteiger partial charge < -0.3 is 9.63 Å². The zero-order chi connectivity index (χ0) is 9.42. The summed E-state index contributed by atoms with van der Waals surface area (Å²) in [4.78, 5) is 14.5. The van der Waals surface area contributed by atoms with E-state index in [9.17, 15) is 4.79 Å². The lowest BCUT2D eigenvalue weighted by atomic mass is 10.3. The first kappa shape index (κ1) is 7.85. The van der Waals surface area contributed by atoms with Gasteiger partial charge >= 0.3 is 5.97 Å². The zero-order valence-corrected chi connectivity index (χ0v) is 7.02. The Morgan fingerprint density at radius 1 is 1.77 bits per heavy atom. The van der Waals surface area contributed by atoms with E-state index < -0.39 is 5.97 Å². The molecule has 68 valence electrons. The summed E-state index contributed by atoms with van der Waals surface area (Å²) in [6, 6.07) is 1.63. The van der Waals surface area contributed by atoms with E-state index in [0.717, 1.165) is 5.69 Å². The smallest absolute Gasteiger partial charge is 0.311 e. The van der Waals surface area contributed by atoms with Gasteiger partial charge in [-0.05, 0) is 6.92 Å². The van der Waals surface area contributed by atoms with Crippen molar-refractivity contribution in [3.8, 4) is 0 Å². The molecule has 0 aliphatic heterocycles. The van der Waals surface area contributed by atoms with Crippen molar-refractivity contribution in [3.63, 3.8) is 0 Å². The largest absolute Gasteiger partial charge is 0.481 e. The number of hydrogen-bond acceptors (Lipinski definition) is 3. The fourth-order valence-electron chi connectivity index (χ4n) is 1.19. The first-order valence-corrected chi connectivity index (χ1v) is 3.82. The Labute approximate surface area is 73.6 Å². The molecule has 0 unspecified atom stereocenters. The highest BCUT2D eigenvalue weighted by molar-refractivity contribution is 5.69. The molecule has 5 nitrogen and oxygen atoms in total. The number of imidazole rings is 1. The summed E-state index contributed by atoms with van der Waals surface area (Å²) < 4.78 is 6.64. The van der Waals surface area contributed by atoms with Crippen LogP contribution in [0.15, 0.2) is 16.8 Å². The van der Waals surface area contributed by atoms with E-state index in [2.05, 4.69) is 4.98 Å². The van der Waals surface area contributed by atoms with E-state index in [1.165, 1.54) is 4.57 Å². The van der Waals surface area contributed by atoms with Crippen molar-refractivity contribution < 1.29 is 14.4 Å². The number of fused-ring (bicyclic) bond motifs is 1. The summed E-state index contributed by atoms with van der Waals surface area (Å²) in [5.41, 5.74) is 1.49. The number of carboxylic acids is 1. The average molecular weight is 180 g/mol. The molecule has 1 N–H and O–H groups in total. The van der Waals surface area contributed by atoms with Gasteiger partial charge in [-0.1, -0.05) is 0 Å². The molecule has 0 bridgehead atoms. The van der Waals surface area contributed by atoms with Crippen LogP contribution in [0.3, 0.4) is 0 Å². The van der Waals surface area contributed by atoms with Gasteiger partial charge in [0, 0.05) is 6.07 Å². The lowest BCUT2D eigenvalue weighted by Gasteiger charge is -1.86. The number of carboxylic acid groups (broad SMARTS) is 1. The molecule has 2 heterocycles. The molecule has 2 aromatic rings. The average Bonchev–Trinajstić information content (AvgIpc) is 2.41. The van der Waals surface area contributed by atoms with Crippen molar-refractivity contribution in [2.45, 2.75) is 13.3 Å². The van der Waals surface area contributed by atoms with Crippen LogP contribution in [0.5, 0.6) is 0 Å². The normalized spacial score (nSPS) is 10.8. The highest BCUT2D eigenvalue weighted by atomic mass is 16.5. The molecule has 0 radical (unpaired) electrons. The van der Waals surface area contributed by atoms with Crippen LogP contribution in [-0.2, 0) is 11.2 Å². The first-order valence-electron chi connectivity index (χ1n) is 3.82. The van der Waals surface area contributed by atoms with E-state index in [1.54, 1.807) is 12.3 Å². The van der Waals surface area contributed by atoms with E-state index in [-0.39, 0.29) is 6.42 Å². The summed E-state index contributed by atoms with van der Waals surface area (Å²) in [7, 11) is 0.